The number of thiophene rings is 1. The summed E-state index contributed by atoms with van der Waals surface area (Å²) in [4.78, 5) is 14.2. The second kappa shape index (κ2) is 7.54. The van der Waals surface area contributed by atoms with Gasteiger partial charge in [0.25, 0.3) is 10.0 Å². The first kappa shape index (κ1) is 17.4. The van der Waals surface area contributed by atoms with Crippen LogP contribution in [0.25, 0.3) is 0 Å². The van der Waals surface area contributed by atoms with Crippen LogP contribution in [0.15, 0.2) is 21.7 Å². The molecule has 124 valence electrons. The molecule has 0 spiro atoms. The Balaban J connectivity index is 1.96. The number of hydrogen-bond acceptors (Lipinski definition) is 5. The van der Waals surface area contributed by atoms with E-state index >= 15 is 0 Å². The molecule has 0 radical (unpaired) electrons. The van der Waals surface area contributed by atoms with Crippen LogP contribution in [-0.4, -0.2) is 63.8 Å². The van der Waals surface area contributed by atoms with Gasteiger partial charge in [-0.3, -0.25) is 4.79 Å². The van der Waals surface area contributed by atoms with E-state index in [1.807, 2.05) is 19.0 Å². The predicted octanol–water partition coefficient (Wildman–Crippen LogP) is 0.827. The molecule has 0 saturated carbocycles. The van der Waals surface area contributed by atoms with Gasteiger partial charge in [-0.2, -0.15) is 4.31 Å². The minimum Gasteiger partial charge on any atom is -0.355 e. The highest BCUT2D eigenvalue weighted by molar-refractivity contribution is 7.91. The zero-order valence-electron chi connectivity index (χ0n) is 13.0. The summed E-state index contributed by atoms with van der Waals surface area (Å²) in [6.07, 6.45) is 1.46. The van der Waals surface area contributed by atoms with Crippen molar-refractivity contribution < 1.29 is 13.2 Å². The average molecular weight is 345 g/mol. The Kier molecular flexibility index (Phi) is 5.96. The van der Waals surface area contributed by atoms with Gasteiger partial charge in [0.05, 0.1) is 5.92 Å². The fourth-order valence-electron chi connectivity index (χ4n) is 2.46. The number of nitrogens with one attached hydrogen (secondary N) is 1. The molecule has 0 bridgehead atoms. The second-order valence-electron chi connectivity index (χ2n) is 5.73. The number of amides is 1. The first-order valence-electron chi connectivity index (χ1n) is 7.37. The summed E-state index contributed by atoms with van der Waals surface area (Å²) in [6.45, 7) is 2.12. The van der Waals surface area contributed by atoms with Crippen molar-refractivity contribution >= 4 is 27.3 Å². The summed E-state index contributed by atoms with van der Waals surface area (Å²) in [5.41, 5.74) is 0. The van der Waals surface area contributed by atoms with Crippen LogP contribution in [0.3, 0.4) is 0 Å². The predicted molar refractivity (Wildman–Crippen MR) is 87.4 cm³/mol. The van der Waals surface area contributed by atoms with Gasteiger partial charge < -0.3 is 10.2 Å². The van der Waals surface area contributed by atoms with Crippen molar-refractivity contribution in [3.8, 4) is 0 Å². The number of likely N-dealkylation sites (N-methyl/N-ethyl adjacent to an activating group) is 1. The Morgan fingerprint density at radius 2 is 2.27 bits per heavy atom. The normalized spacial score (nSPS) is 20.2. The van der Waals surface area contributed by atoms with Crippen LogP contribution >= 0.6 is 11.3 Å². The van der Waals surface area contributed by atoms with Crippen LogP contribution in [0, 0.1) is 5.92 Å². The van der Waals surface area contributed by atoms with E-state index in [4.69, 9.17) is 0 Å². The zero-order valence-corrected chi connectivity index (χ0v) is 14.6. The van der Waals surface area contributed by atoms with Gasteiger partial charge in [-0.15, -0.1) is 11.3 Å². The molecule has 1 aliphatic rings. The van der Waals surface area contributed by atoms with E-state index < -0.39 is 10.0 Å². The van der Waals surface area contributed by atoms with Crippen molar-refractivity contribution in [1.82, 2.24) is 14.5 Å². The van der Waals surface area contributed by atoms with Gasteiger partial charge in [0.1, 0.15) is 4.21 Å². The fraction of sp³-hybridized carbons (Fsp3) is 0.643. The molecule has 1 N–H and O–H groups in total. The lowest BCUT2D eigenvalue weighted by Crippen LogP contribution is -2.46. The van der Waals surface area contributed by atoms with Crippen molar-refractivity contribution in [1.29, 1.82) is 0 Å². The zero-order chi connectivity index (χ0) is 16.2. The number of hydrogen-bond donors (Lipinski definition) is 1. The maximum Gasteiger partial charge on any atom is 0.252 e. The maximum absolute atomic E-state index is 12.5. The minimum atomic E-state index is -3.46. The Hall–Kier alpha value is -0.960. The topological polar surface area (TPSA) is 69.7 Å². The first-order chi connectivity index (χ1) is 10.4. The van der Waals surface area contributed by atoms with Crippen molar-refractivity contribution in [2.24, 2.45) is 5.92 Å². The first-order valence-corrected chi connectivity index (χ1v) is 9.69. The molecule has 1 amide bonds. The molecule has 1 fully saturated rings. The van der Waals surface area contributed by atoms with Gasteiger partial charge in [0.2, 0.25) is 5.91 Å². The van der Waals surface area contributed by atoms with E-state index in [0.717, 1.165) is 19.4 Å². The van der Waals surface area contributed by atoms with E-state index in [-0.39, 0.29) is 18.4 Å². The monoisotopic (exact) mass is 345 g/mol. The molecule has 1 aromatic heterocycles. The van der Waals surface area contributed by atoms with Gasteiger partial charge >= 0.3 is 0 Å². The maximum atomic E-state index is 12.5. The van der Waals surface area contributed by atoms with Crippen LogP contribution in [0.2, 0.25) is 0 Å². The molecule has 2 heterocycles. The van der Waals surface area contributed by atoms with Gasteiger partial charge in [-0.25, -0.2) is 8.42 Å². The Labute approximate surface area is 136 Å². The Morgan fingerprint density at radius 3 is 2.91 bits per heavy atom. The third-order valence-electron chi connectivity index (χ3n) is 3.70. The number of piperidine rings is 1. The lowest BCUT2D eigenvalue weighted by Gasteiger charge is -2.30. The number of carbonyl (C=O) groups is 1. The SMILES string of the molecule is CN(C)CCNC(=O)[C@@H]1CCCN(S(=O)(=O)c2cccs2)C1. The van der Waals surface area contributed by atoms with Crippen molar-refractivity contribution in [2.75, 3.05) is 40.3 Å². The molecule has 1 aromatic rings. The lowest BCUT2D eigenvalue weighted by molar-refractivity contribution is -0.126. The molecule has 1 saturated heterocycles. The molecule has 22 heavy (non-hydrogen) atoms. The number of sulfonamides is 1. The van der Waals surface area contributed by atoms with E-state index in [0.29, 0.717) is 17.3 Å². The molecule has 2 rings (SSSR count). The number of rotatable bonds is 6. The van der Waals surface area contributed by atoms with Gasteiger partial charge in [0.15, 0.2) is 0 Å². The van der Waals surface area contributed by atoms with Crippen molar-refractivity contribution in [2.45, 2.75) is 17.1 Å². The summed E-state index contributed by atoms with van der Waals surface area (Å²) >= 11 is 1.21. The van der Waals surface area contributed by atoms with Crippen LogP contribution < -0.4 is 5.32 Å². The fourth-order valence-corrected chi connectivity index (χ4v) is 5.13. The quantitative estimate of drug-likeness (QED) is 0.829. The Morgan fingerprint density at radius 1 is 1.50 bits per heavy atom. The molecule has 1 atom stereocenters. The summed E-state index contributed by atoms with van der Waals surface area (Å²) in [7, 11) is 0.438. The van der Waals surface area contributed by atoms with Crippen LogP contribution in [0.4, 0.5) is 0 Å². The molecule has 0 unspecified atom stereocenters. The van der Waals surface area contributed by atoms with Crippen LogP contribution in [0.5, 0.6) is 0 Å². The molecule has 8 heteroatoms. The molecule has 1 aliphatic heterocycles. The largest absolute Gasteiger partial charge is 0.355 e. The molecular weight excluding hydrogens is 322 g/mol. The van der Waals surface area contributed by atoms with Crippen molar-refractivity contribution in [3.63, 3.8) is 0 Å². The lowest BCUT2D eigenvalue weighted by atomic mass is 9.99. The van der Waals surface area contributed by atoms with E-state index in [2.05, 4.69) is 5.32 Å². The summed E-state index contributed by atoms with van der Waals surface area (Å²) in [5, 5.41) is 4.64. The molecule has 0 aromatic carbocycles. The third kappa shape index (κ3) is 4.28. The minimum absolute atomic E-state index is 0.0482. The number of nitrogens with zero attached hydrogens (tertiary/aromatic N) is 2. The van der Waals surface area contributed by atoms with E-state index in [1.165, 1.54) is 15.6 Å². The summed E-state index contributed by atoms with van der Waals surface area (Å²) in [6, 6.07) is 3.34. The smallest absolute Gasteiger partial charge is 0.252 e. The van der Waals surface area contributed by atoms with Gasteiger partial charge in [-0.05, 0) is 38.4 Å². The highest BCUT2D eigenvalue weighted by Crippen LogP contribution is 2.26. The third-order valence-corrected chi connectivity index (χ3v) is 6.94. The van der Waals surface area contributed by atoms with Crippen LogP contribution in [0.1, 0.15) is 12.8 Å². The summed E-state index contributed by atoms with van der Waals surface area (Å²) in [5.74, 6) is -0.307. The second-order valence-corrected chi connectivity index (χ2v) is 8.84. The molecular formula is C14H23N3O3S2. The highest BCUT2D eigenvalue weighted by atomic mass is 32.2. The van der Waals surface area contributed by atoms with Gasteiger partial charge in [-0.1, -0.05) is 6.07 Å². The van der Waals surface area contributed by atoms with Gasteiger partial charge in [0, 0.05) is 26.2 Å². The number of carbonyl (C=O) groups excluding carboxylic acids is 1. The highest BCUT2D eigenvalue weighted by Gasteiger charge is 2.33. The molecule has 6 nitrogen and oxygen atoms in total. The standard InChI is InChI=1S/C14H23N3O3S2/c1-16(2)9-7-15-14(18)12-5-3-8-17(11-12)22(19,20)13-6-4-10-21-13/h4,6,10,12H,3,5,7-9,11H2,1-2H3,(H,15,18)/t12-/m1/s1. The molecule has 0 aliphatic carbocycles. The average Bonchev–Trinajstić information content (AvgIpc) is 3.02. The summed E-state index contributed by atoms with van der Waals surface area (Å²) < 4.78 is 26.8. The van der Waals surface area contributed by atoms with E-state index in [9.17, 15) is 13.2 Å². The Bertz CT molecular complexity index is 584. The van der Waals surface area contributed by atoms with Crippen LogP contribution in [-0.2, 0) is 14.8 Å². The van der Waals surface area contributed by atoms with E-state index in [1.54, 1.807) is 17.5 Å². The van der Waals surface area contributed by atoms with Crippen molar-refractivity contribution in [3.05, 3.63) is 17.5 Å².